The number of carbonyl (C=O) groups excluding carboxylic acids is 1. The predicted octanol–water partition coefficient (Wildman–Crippen LogP) is 1.54. The van der Waals surface area contributed by atoms with Gasteiger partial charge in [-0.3, -0.25) is 4.79 Å². The van der Waals surface area contributed by atoms with E-state index < -0.39 is 17.4 Å². The average molecular weight is 284 g/mol. The lowest BCUT2D eigenvalue weighted by Gasteiger charge is -2.19. The van der Waals surface area contributed by atoms with E-state index in [-0.39, 0.29) is 0 Å². The lowest BCUT2D eigenvalue weighted by atomic mass is 9.90. The quantitative estimate of drug-likeness (QED) is 0.848. The minimum Gasteiger partial charge on any atom is -0.481 e. The molecular formula is C12H16N2O4S. The van der Waals surface area contributed by atoms with Gasteiger partial charge in [-0.2, -0.15) is 0 Å². The van der Waals surface area contributed by atoms with Gasteiger partial charge in [-0.1, -0.05) is 0 Å². The number of ether oxygens (including phenoxy) is 1. The van der Waals surface area contributed by atoms with E-state index in [1.807, 2.05) is 4.90 Å². The van der Waals surface area contributed by atoms with Crippen LogP contribution < -0.4 is 4.90 Å². The largest absolute Gasteiger partial charge is 0.481 e. The molecule has 19 heavy (non-hydrogen) atoms. The van der Waals surface area contributed by atoms with Crippen molar-refractivity contribution in [2.75, 3.05) is 25.1 Å². The van der Waals surface area contributed by atoms with Gasteiger partial charge in [-0.05, 0) is 20.3 Å². The fourth-order valence-electron chi connectivity index (χ4n) is 2.10. The zero-order valence-electron chi connectivity index (χ0n) is 11.1. The van der Waals surface area contributed by atoms with Gasteiger partial charge in [0.15, 0.2) is 10.8 Å². The molecule has 1 saturated heterocycles. The number of hydrogen-bond donors (Lipinski definition) is 1. The highest BCUT2D eigenvalue weighted by atomic mass is 32.1. The molecule has 0 spiro atoms. The fourth-order valence-corrected chi connectivity index (χ4v) is 3.02. The zero-order chi connectivity index (χ0) is 14.2. The van der Waals surface area contributed by atoms with Crippen LogP contribution in [0.4, 0.5) is 5.13 Å². The molecule has 0 aromatic carbocycles. The maximum absolute atomic E-state index is 11.5. The summed E-state index contributed by atoms with van der Waals surface area (Å²) in [7, 11) is 1.32. The number of carboxylic acid groups (broad SMARTS) is 1. The number of aliphatic carboxylic acids is 1. The molecule has 0 radical (unpaired) electrons. The Bertz CT molecular complexity index is 528. The van der Waals surface area contributed by atoms with Gasteiger partial charge in [0, 0.05) is 18.0 Å². The van der Waals surface area contributed by atoms with Gasteiger partial charge in [0.05, 0.1) is 12.5 Å². The van der Waals surface area contributed by atoms with Gasteiger partial charge in [-0.15, -0.1) is 11.3 Å². The molecule has 0 saturated carbocycles. The maximum atomic E-state index is 11.5. The fraction of sp³-hybridized carbons (Fsp3) is 0.583. The van der Waals surface area contributed by atoms with E-state index in [4.69, 9.17) is 0 Å². The smallest absolute Gasteiger partial charge is 0.357 e. The van der Waals surface area contributed by atoms with Crippen LogP contribution in [0.3, 0.4) is 0 Å². The second kappa shape index (κ2) is 4.80. The molecule has 1 aliphatic rings. The van der Waals surface area contributed by atoms with Crippen LogP contribution in [0.2, 0.25) is 0 Å². The Labute approximate surface area is 115 Å². The molecular weight excluding hydrogens is 268 g/mol. The molecule has 0 bridgehead atoms. The number of esters is 1. The summed E-state index contributed by atoms with van der Waals surface area (Å²) in [6, 6.07) is 0. The summed E-state index contributed by atoms with van der Waals surface area (Å²) in [5, 5.41) is 9.89. The molecule has 1 atom stereocenters. The van der Waals surface area contributed by atoms with Crippen LogP contribution >= 0.6 is 11.3 Å². The number of carboxylic acids is 1. The summed E-state index contributed by atoms with van der Waals surface area (Å²) in [6.07, 6.45) is 0.578. The van der Waals surface area contributed by atoms with Crippen LogP contribution in [0.15, 0.2) is 0 Å². The third-order valence-electron chi connectivity index (χ3n) is 3.42. The Morgan fingerprint density at radius 1 is 1.53 bits per heavy atom. The Kier molecular flexibility index (Phi) is 3.49. The minimum atomic E-state index is -0.795. The lowest BCUT2D eigenvalue weighted by molar-refractivity contribution is -0.146. The van der Waals surface area contributed by atoms with Crippen molar-refractivity contribution < 1.29 is 19.4 Å². The highest BCUT2D eigenvalue weighted by Gasteiger charge is 2.41. The molecule has 1 N–H and O–H groups in total. The third-order valence-corrected chi connectivity index (χ3v) is 4.46. The number of aryl methyl sites for hydroxylation is 1. The Morgan fingerprint density at radius 3 is 2.74 bits per heavy atom. The second-order valence-corrected chi connectivity index (χ2v) is 6.11. The molecule has 6 nitrogen and oxygen atoms in total. The molecule has 1 aromatic heterocycles. The van der Waals surface area contributed by atoms with Crippen LogP contribution in [0.5, 0.6) is 0 Å². The normalized spacial score (nSPS) is 22.6. The van der Waals surface area contributed by atoms with Crippen LogP contribution in [0.1, 0.15) is 28.7 Å². The van der Waals surface area contributed by atoms with Crippen molar-refractivity contribution >= 4 is 28.4 Å². The van der Waals surface area contributed by atoms with E-state index in [0.29, 0.717) is 30.3 Å². The number of methoxy groups -OCH3 is 1. The first-order valence-electron chi connectivity index (χ1n) is 5.91. The van der Waals surface area contributed by atoms with Crippen molar-refractivity contribution in [3.05, 3.63) is 10.6 Å². The number of carbonyl (C=O) groups is 2. The SMILES string of the molecule is COC(=O)c1nc(N2CCC(C)(C(=O)O)C2)sc1C. The highest BCUT2D eigenvalue weighted by molar-refractivity contribution is 7.15. The number of thiazole rings is 1. The predicted molar refractivity (Wildman–Crippen MR) is 70.8 cm³/mol. The molecule has 0 aliphatic carbocycles. The second-order valence-electron chi connectivity index (χ2n) is 4.93. The third kappa shape index (κ3) is 2.42. The van der Waals surface area contributed by atoms with Crippen LogP contribution in [0, 0.1) is 12.3 Å². The summed E-state index contributed by atoms with van der Waals surface area (Å²) in [4.78, 5) is 29.7. The molecule has 0 amide bonds. The summed E-state index contributed by atoms with van der Waals surface area (Å²) >= 11 is 1.39. The van der Waals surface area contributed by atoms with Crippen LogP contribution in [0.25, 0.3) is 0 Å². The van der Waals surface area contributed by atoms with Gasteiger partial charge in [0.2, 0.25) is 0 Å². The van der Waals surface area contributed by atoms with Crippen molar-refractivity contribution in [1.82, 2.24) is 4.98 Å². The maximum Gasteiger partial charge on any atom is 0.357 e. The Hall–Kier alpha value is -1.63. The van der Waals surface area contributed by atoms with Crippen molar-refractivity contribution in [3.8, 4) is 0 Å². The number of anilines is 1. The first-order valence-corrected chi connectivity index (χ1v) is 6.73. The molecule has 1 fully saturated rings. The van der Waals surface area contributed by atoms with Gasteiger partial charge in [-0.25, -0.2) is 9.78 Å². The van der Waals surface area contributed by atoms with Crippen LogP contribution in [-0.2, 0) is 9.53 Å². The Morgan fingerprint density at radius 2 is 2.21 bits per heavy atom. The summed E-state index contributed by atoms with van der Waals surface area (Å²) in [5.74, 6) is -1.25. The standard InChI is InChI=1S/C12H16N2O4S/c1-7-8(9(15)18-3)13-11(19-7)14-5-4-12(2,6-14)10(16)17/h4-6H2,1-3H3,(H,16,17). The van der Waals surface area contributed by atoms with Gasteiger partial charge in [0.1, 0.15) is 0 Å². The summed E-state index contributed by atoms with van der Waals surface area (Å²) < 4.78 is 4.66. The summed E-state index contributed by atoms with van der Waals surface area (Å²) in [6.45, 7) is 4.59. The first-order chi connectivity index (χ1) is 8.87. The Balaban J connectivity index is 2.21. The number of aromatic nitrogens is 1. The van der Waals surface area contributed by atoms with E-state index in [1.54, 1.807) is 13.8 Å². The molecule has 1 aliphatic heterocycles. The number of nitrogens with zero attached hydrogens (tertiary/aromatic N) is 2. The lowest BCUT2D eigenvalue weighted by Crippen LogP contribution is -2.31. The minimum absolute atomic E-state index is 0.312. The number of rotatable bonds is 3. The van der Waals surface area contributed by atoms with Crippen LogP contribution in [-0.4, -0.2) is 42.2 Å². The van der Waals surface area contributed by atoms with E-state index >= 15 is 0 Å². The van der Waals surface area contributed by atoms with Gasteiger partial charge < -0.3 is 14.7 Å². The molecule has 1 aromatic rings. The molecule has 1 unspecified atom stereocenters. The van der Waals surface area contributed by atoms with E-state index in [9.17, 15) is 14.7 Å². The van der Waals surface area contributed by atoms with Crippen molar-refractivity contribution in [2.45, 2.75) is 20.3 Å². The van der Waals surface area contributed by atoms with E-state index in [2.05, 4.69) is 9.72 Å². The van der Waals surface area contributed by atoms with Gasteiger partial charge >= 0.3 is 11.9 Å². The first kappa shape index (κ1) is 13.8. The van der Waals surface area contributed by atoms with Crippen molar-refractivity contribution in [1.29, 1.82) is 0 Å². The molecule has 104 valence electrons. The topological polar surface area (TPSA) is 79.7 Å². The molecule has 2 heterocycles. The molecule has 7 heteroatoms. The molecule has 2 rings (SSSR count). The highest BCUT2D eigenvalue weighted by Crippen LogP contribution is 2.36. The van der Waals surface area contributed by atoms with Gasteiger partial charge in [0.25, 0.3) is 0 Å². The average Bonchev–Trinajstić information content (AvgIpc) is 2.93. The van der Waals surface area contributed by atoms with Crippen molar-refractivity contribution in [3.63, 3.8) is 0 Å². The summed E-state index contributed by atoms with van der Waals surface area (Å²) in [5.41, 5.74) is -0.434. The van der Waals surface area contributed by atoms with Crippen molar-refractivity contribution in [2.24, 2.45) is 5.41 Å². The zero-order valence-corrected chi connectivity index (χ0v) is 11.9. The number of hydrogen-bond acceptors (Lipinski definition) is 6. The van der Waals surface area contributed by atoms with E-state index in [1.165, 1.54) is 18.4 Å². The monoisotopic (exact) mass is 284 g/mol. The van der Waals surface area contributed by atoms with E-state index in [0.717, 1.165) is 4.88 Å².